The molecule has 0 saturated carbocycles. The maximum Gasteiger partial charge on any atom is 0.229 e. The number of benzene rings is 1. The monoisotopic (exact) mass is 263 g/mol. The fourth-order valence-corrected chi connectivity index (χ4v) is 1.81. The van der Waals surface area contributed by atoms with Crippen molar-refractivity contribution < 1.29 is 13.6 Å². The number of halogens is 1. The number of amidine groups is 1. The Bertz CT molecular complexity index is 527. The molecule has 16 heavy (non-hydrogen) atoms. The number of nitrogens with zero attached hydrogens (tertiary/aromatic N) is 1. The van der Waals surface area contributed by atoms with Crippen LogP contribution in [0.25, 0.3) is 0 Å². The first kappa shape index (κ1) is 12.6. The lowest BCUT2D eigenvalue weighted by Crippen LogP contribution is -2.15. The molecule has 1 rings (SSSR count). The standard InChI is InChI=1S/C8H10ClN3O3S/c1-16(14,15)12-7-4-5(8(10)11-13)2-3-6(7)9/h2-4,12-13H,1H3,(H2,10,11). The van der Waals surface area contributed by atoms with Crippen molar-refractivity contribution in [3.05, 3.63) is 28.8 Å². The zero-order valence-electron chi connectivity index (χ0n) is 8.31. The van der Waals surface area contributed by atoms with E-state index in [1.165, 1.54) is 18.2 Å². The van der Waals surface area contributed by atoms with Crippen LogP contribution in [0.5, 0.6) is 0 Å². The van der Waals surface area contributed by atoms with Crippen molar-refractivity contribution in [1.82, 2.24) is 0 Å². The van der Waals surface area contributed by atoms with Gasteiger partial charge in [0.05, 0.1) is 17.0 Å². The molecule has 1 aromatic carbocycles. The fraction of sp³-hybridized carbons (Fsp3) is 0.125. The van der Waals surface area contributed by atoms with Gasteiger partial charge in [0.25, 0.3) is 0 Å². The highest BCUT2D eigenvalue weighted by Gasteiger charge is 2.08. The van der Waals surface area contributed by atoms with Gasteiger partial charge in [-0.2, -0.15) is 0 Å². The SMILES string of the molecule is CS(=O)(=O)Nc1cc(C(N)=NO)ccc1Cl. The van der Waals surface area contributed by atoms with Gasteiger partial charge in [-0.25, -0.2) is 8.42 Å². The molecule has 0 unspecified atom stereocenters. The highest BCUT2D eigenvalue weighted by molar-refractivity contribution is 7.92. The maximum absolute atomic E-state index is 11.0. The minimum Gasteiger partial charge on any atom is -0.409 e. The van der Waals surface area contributed by atoms with E-state index in [-0.39, 0.29) is 16.5 Å². The van der Waals surface area contributed by atoms with E-state index in [2.05, 4.69) is 9.88 Å². The van der Waals surface area contributed by atoms with Crippen LogP contribution in [-0.2, 0) is 10.0 Å². The number of hydrogen-bond donors (Lipinski definition) is 3. The number of rotatable bonds is 3. The molecule has 8 heteroatoms. The van der Waals surface area contributed by atoms with E-state index >= 15 is 0 Å². The molecule has 1 aromatic rings. The minimum absolute atomic E-state index is 0.131. The molecule has 0 aliphatic carbocycles. The lowest BCUT2D eigenvalue weighted by atomic mass is 10.2. The van der Waals surface area contributed by atoms with Crippen LogP contribution in [0.1, 0.15) is 5.56 Å². The van der Waals surface area contributed by atoms with Crippen molar-refractivity contribution in [2.45, 2.75) is 0 Å². The molecule has 0 saturated heterocycles. The molecular formula is C8H10ClN3O3S. The molecule has 0 atom stereocenters. The van der Waals surface area contributed by atoms with E-state index in [0.717, 1.165) is 6.26 Å². The normalized spacial score (nSPS) is 12.5. The molecule has 88 valence electrons. The van der Waals surface area contributed by atoms with Crippen LogP contribution in [0.2, 0.25) is 5.02 Å². The third-order valence-electron chi connectivity index (χ3n) is 1.67. The average Bonchev–Trinajstić information content (AvgIpc) is 2.18. The van der Waals surface area contributed by atoms with Gasteiger partial charge in [-0.05, 0) is 18.2 Å². The summed E-state index contributed by atoms with van der Waals surface area (Å²) in [5.74, 6) is -0.131. The van der Waals surface area contributed by atoms with E-state index in [1.807, 2.05) is 0 Å². The van der Waals surface area contributed by atoms with E-state index in [1.54, 1.807) is 0 Å². The number of hydrogen-bond acceptors (Lipinski definition) is 4. The van der Waals surface area contributed by atoms with Gasteiger partial charge >= 0.3 is 0 Å². The van der Waals surface area contributed by atoms with Crippen LogP contribution in [0.3, 0.4) is 0 Å². The number of nitrogens with one attached hydrogen (secondary N) is 1. The van der Waals surface area contributed by atoms with Crippen LogP contribution in [-0.4, -0.2) is 25.7 Å². The van der Waals surface area contributed by atoms with E-state index < -0.39 is 10.0 Å². The van der Waals surface area contributed by atoms with Crippen LogP contribution in [0.4, 0.5) is 5.69 Å². The number of sulfonamides is 1. The summed E-state index contributed by atoms with van der Waals surface area (Å²) in [6.07, 6.45) is 0.999. The number of oxime groups is 1. The molecule has 0 aromatic heterocycles. The first-order valence-electron chi connectivity index (χ1n) is 4.09. The van der Waals surface area contributed by atoms with Crippen LogP contribution < -0.4 is 10.5 Å². The van der Waals surface area contributed by atoms with Gasteiger partial charge in [0, 0.05) is 5.56 Å². The average molecular weight is 264 g/mol. The minimum atomic E-state index is -3.43. The van der Waals surface area contributed by atoms with Gasteiger partial charge in [-0.3, -0.25) is 4.72 Å². The molecule has 0 spiro atoms. The van der Waals surface area contributed by atoms with Gasteiger partial charge < -0.3 is 10.9 Å². The Morgan fingerprint density at radius 2 is 2.19 bits per heavy atom. The Labute approximate surface area is 97.8 Å². The summed E-state index contributed by atoms with van der Waals surface area (Å²) in [6, 6.07) is 4.33. The van der Waals surface area contributed by atoms with Gasteiger partial charge in [0.1, 0.15) is 0 Å². The van der Waals surface area contributed by atoms with E-state index in [9.17, 15) is 8.42 Å². The van der Waals surface area contributed by atoms with Crippen LogP contribution >= 0.6 is 11.6 Å². The third kappa shape index (κ3) is 3.28. The van der Waals surface area contributed by atoms with Gasteiger partial charge in [0.2, 0.25) is 10.0 Å². The third-order valence-corrected chi connectivity index (χ3v) is 2.59. The molecule has 4 N–H and O–H groups in total. The highest BCUT2D eigenvalue weighted by Crippen LogP contribution is 2.23. The van der Waals surface area contributed by atoms with Gasteiger partial charge in [0.15, 0.2) is 5.84 Å². The molecule has 0 heterocycles. The molecule has 0 amide bonds. The molecule has 0 fully saturated rings. The first-order chi connectivity index (χ1) is 7.33. The molecule has 0 radical (unpaired) electrons. The lowest BCUT2D eigenvalue weighted by Gasteiger charge is -2.07. The topological polar surface area (TPSA) is 105 Å². The summed E-state index contributed by atoms with van der Waals surface area (Å²) in [6.45, 7) is 0. The van der Waals surface area contributed by atoms with Gasteiger partial charge in [-0.1, -0.05) is 16.8 Å². The Morgan fingerprint density at radius 3 is 2.69 bits per heavy atom. The molecule has 0 bridgehead atoms. The highest BCUT2D eigenvalue weighted by atomic mass is 35.5. The summed E-state index contributed by atoms with van der Waals surface area (Å²) in [5, 5.41) is 11.5. The zero-order valence-corrected chi connectivity index (χ0v) is 9.88. The number of nitrogens with two attached hydrogens (primary N) is 1. The second-order valence-corrected chi connectivity index (χ2v) is 5.21. The van der Waals surface area contributed by atoms with Gasteiger partial charge in [-0.15, -0.1) is 0 Å². The quantitative estimate of drug-likeness (QED) is 0.325. The van der Waals surface area contributed by atoms with Crippen molar-refractivity contribution in [2.75, 3.05) is 11.0 Å². The van der Waals surface area contributed by atoms with Crippen LogP contribution in [0, 0.1) is 0 Å². The second kappa shape index (κ2) is 4.58. The zero-order chi connectivity index (χ0) is 12.3. The maximum atomic E-state index is 11.0. The van der Waals surface area contributed by atoms with Crippen molar-refractivity contribution in [1.29, 1.82) is 0 Å². The summed E-state index contributed by atoms with van der Waals surface area (Å²) >= 11 is 5.78. The number of anilines is 1. The summed E-state index contributed by atoms with van der Waals surface area (Å²) in [5.41, 5.74) is 5.89. The fourth-order valence-electron chi connectivity index (χ4n) is 1.02. The smallest absolute Gasteiger partial charge is 0.229 e. The summed E-state index contributed by atoms with van der Waals surface area (Å²) in [4.78, 5) is 0. The predicted octanol–water partition coefficient (Wildman–Crippen LogP) is 0.806. The van der Waals surface area contributed by atoms with Crippen molar-refractivity contribution in [3.8, 4) is 0 Å². The lowest BCUT2D eigenvalue weighted by molar-refractivity contribution is 0.318. The van der Waals surface area contributed by atoms with E-state index in [0.29, 0.717) is 5.56 Å². The Kier molecular flexibility index (Phi) is 3.61. The van der Waals surface area contributed by atoms with Crippen molar-refractivity contribution in [2.24, 2.45) is 10.9 Å². The van der Waals surface area contributed by atoms with Crippen molar-refractivity contribution in [3.63, 3.8) is 0 Å². The van der Waals surface area contributed by atoms with E-state index in [4.69, 9.17) is 22.5 Å². The Hall–Kier alpha value is -1.47. The second-order valence-electron chi connectivity index (χ2n) is 3.05. The van der Waals surface area contributed by atoms with Crippen LogP contribution in [0.15, 0.2) is 23.4 Å². The summed E-state index contributed by atoms with van der Waals surface area (Å²) < 4.78 is 24.3. The molecule has 0 aliphatic heterocycles. The predicted molar refractivity (Wildman–Crippen MR) is 62.4 cm³/mol. The summed E-state index contributed by atoms with van der Waals surface area (Å²) in [7, 11) is -3.43. The largest absolute Gasteiger partial charge is 0.409 e. The molecular weight excluding hydrogens is 254 g/mol. The molecule has 6 nitrogen and oxygen atoms in total. The van der Waals surface area contributed by atoms with Crippen molar-refractivity contribution >= 4 is 33.1 Å². The molecule has 0 aliphatic rings. The Morgan fingerprint density at radius 1 is 1.56 bits per heavy atom. The Balaban J connectivity index is 3.19. The first-order valence-corrected chi connectivity index (χ1v) is 6.35.